The summed E-state index contributed by atoms with van der Waals surface area (Å²) in [6.07, 6.45) is 3.30. The van der Waals surface area contributed by atoms with Gasteiger partial charge in [-0.1, -0.05) is 20.3 Å². The minimum absolute atomic E-state index is 0.101. The summed E-state index contributed by atoms with van der Waals surface area (Å²) in [5, 5.41) is 2.34. The van der Waals surface area contributed by atoms with Crippen LogP contribution in [0.3, 0.4) is 0 Å². The summed E-state index contributed by atoms with van der Waals surface area (Å²) >= 11 is 0. The molecule has 6 heteroatoms. The fraction of sp³-hybridized carbons (Fsp3) is 0.923. The molecule has 1 aliphatic rings. The maximum atomic E-state index is 13.1. The SMILES string of the molecule is CC(C)C(C(=O)NCC(F)(F)CN)N1CCCCC1. The summed E-state index contributed by atoms with van der Waals surface area (Å²) in [4.78, 5) is 14.2. The summed E-state index contributed by atoms with van der Waals surface area (Å²) in [7, 11) is 0. The lowest BCUT2D eigenvalue weighted by molar-refractivity contribution is -0.130. The molecule has 1 aliphatic heterocycles. The lowest BCUT2D eigenvalue weighted by Crippen LogP contribution is -2.53. The first-order valence-electron chi connectivity index (χ1n) is 6.97. The number of carbonyl (C=O) groups excluding carboxylic acids is 1. The van der Waals surface area contributed by atoms with Crippen LogP contribution in [0, 0.1) is 5.92 Å². The van der Waals surface area contributed by atoms with E-state index < -0.39 is 19.0 Å². The molecule has 4 nitrogen and oxygen atoms in total. The predicted molar refractivity (Wildman–Crippen MR) is 71.1 cm³/mol. The average molecular weight is 277 g/mol. The lowest BCUT2D eigenvalue weighted by Gasteiger charge is -2.36. The van der Waals surface area contributed by atoms with E-state index >= 15 is 0 Å². The number of alkyl halides is 2. The zero-order chi connectivity index (χ0) is 14.5. The van der Waals surface area contributed by atoms with Gasteiger partial charge in [-0.2, -0.15) is 0 Å². The number of piperidine rings is 1. The Morgan fingerprint density at radius 2 is 1.89 bits per heavy atom. The van der Waals surface area contributed by atoms with Crippen molar-refractivity contribution < 1.29 is 13.6 Å². The van der Waals surface area contributed by atoms with E-state index in [1.165, 1.54) is 6.42 Å². The number of carbonyl (C=O) groups is 1. The highest BCUT2D eigenvalue weighted by atomic mass is 19.3. The van der Waals surface area contributed by atoms with Gasteiger partial charge < -0.3 is 11.1 Å². The maximum absolute atomic E-state index is 13.1. The Kier molecular flexibility index (Phi) is 6.13. The van der Waals surface area contributed by atoms with E-state index in [9.17, 15) is 13.6 Å². The number of hydrogen-bond donors (Lipinski definition) is 2. The summed E-state index contributed by atoms with van der Waals surface area (Å²) < 4.78 is 26.1. The summed E-state index contributed by atoms with van der Waals surface area (Å²) in [5.74, 6) is -3.24. The van der Waals surface area contributed by atoms with Crippen molar-refractivity contribution in [3.8, 4) is 0 Å². The van der Waals surface area contributed by atoms with Crippen LogP contribution in [0.2, 0.25) is 0 Å². The molecule has 3 N–H and O–H groups in total. The van der Waals surface area contributed by atoms with Crippen LogP contribution in [0.25, 0.3) is 0 Å². The normalized spacial score (nSPS) is 19.5. The number of rotatable bonds is 6. The minimum Gasteiger partial charge on any atom is -0.349 e. The Balaban J connectivity index is 2.58. The summed E-state index contributed by atoms with van der Waals surface area (Å²) in [6, 6.07) is -0.325. The van der Waals surface area contributed by atoms with Crippen LogP contribution in [0.5, 0.6) is 0 Å². The van der Waals surface area contributed by atoms with Crippen molar-refractivity contribution in [1.29, 1.82) is 0 Å². The van der Waals surface area contributed by atoms with Crippen LogP contribution >= 0.6 is 0 Å². The molecule has 0 radical (unpaired) electrons. The highest BCUT2D eigenvalue weighted by Crippen LogP contribution is 2.18. The molecule has 1 unspecified atom stereocenters. The van der Waals surface area contributed by atoms with Gasteiger partial charge >= 0.3 is 0 Å². The van der Waals surface area contributed by atoms with Crippen LogP contribution in [0.4, 0.5) is 8.78 Å². The van der Waals surface area contributed by atoms with E-state index in [1.54, 1.807) is 0 Å². The molecule has 0 aromatic rings. The topological polar surface area (TPSA) is 58.4 Å². The first-order valence-corrected chi connectivity index (χ1v) is 6.97. The molecule has 0 spiro atoms. The molecule has 1 saturated heterocycles. The highest BCUT2D eigenvalue weighted by molar-refractivity contribution is 5.82. The van der Waals surface area contributed by atoms with Crippen LogP contribution in [0.15, 0.2) is 0 Å². The Bertz CT molecular complexity index is 292. The Morgan fingerprint density at radius 1 is 1.32 bits per heavy atom. The molecule has 0 saturated carbocycles. The smallest absolute Gasteiger partial charge is 0.277 e. The molecule has 1 heterocycles. The molecule has 19 heavy (non-hydrogen) atoms. The number of nitrogens with zero attached hydrogens (tertiary/aromatic N) is 1. The molecule has 1 atom stereocenters. The van der Waals surface area contributed by atoms with Crippen molar-refractivity contribution in [3.63, 3.8) is 0 Å². The number of nitrogens with one attached hydrogen (secondary N) is 1. The number of hydrogen-bond acceptors (Lipinski definition) is 3. The van der Waals surface area contributed by atoms with Gasteiger partial charge in [-0.25, -0.2) is 8.78 Å². The van der Waals surface area contributed by atoms with Gasteiger partial charge in [-0.05, 0) is 31.8 Å². The molecule has 0 aromatic carbocycles. The van der Waals surface area contributed by atoms with Gasteiger partial charge in [-0.3, -0.25) is 9.69 Å². The number of nitrogens with two attached hydrogens (primary N) is 1. The first-order chi connectivity index (χ1) is 8.87. The summed E-state index contributed by atoms with van der Waals surface area (Å²) in [6.45, 7) is 4.19. The number of amides is 1. The number of halogens is 2. The third kappa shape index (κ3) is 5.03. The molecule has 0 aliphatic carbocycles. The quantitative estimate of drug-likeness (QED) is 0.767. The Hall–Kier alpha value is -0.750. The lowest BCUT2D eigenvalue weighted by atomic mass is 9.98. The predicted octanol–water partition coefficient (Wildman–Crippen LogP) is 1.21. The van der Waals surface area contributed by atoms with E-state index in [0.29, 0.717) is 0 Å². The standard InChI is InChI=1S/C13H25F2N3O/c1-10(2)11(18-6-4-3-5-7-18)12(19)17-9-13(14,15)8-16/h10-11H,3-9,16H2,1-2H3,(H,17,19). The third-order valence-electron chi connectivity index (χ3n) is 3.50. The van der Waals surface area contributed by atoms with Gasteiger partial charge in [-0.15, -0.1) is 0 Å². The van der Waals surface area contributed by atoms with Gasteiger partial charge in [0.25, 0.3) is 5.92 Å². The molecule has 1 fully saturated rings. The van der Waals surface area contributed by atoms with Crippen LogP contribution in [0.1, 0.15) is 33.1 Å². The van der Waals surface area contributed by atoms with E-state index in [2.05, 4.69) is 10.2 Å². The van der Waals surface area contributed by atoms with Gasteiger partial charge in [0.2, 0.25) is 5.91 Å². The maximum Gasteiger partial charge on any atom is 0.277 e. The molecule has 1 amide bonds. The molecular formula is C13H25F2N3O. The average Bonchev–Trinajstić information content (AvgIpc) is 2.37. The monoisotopic (exact) mass is 277 g/mol. The largest absolute Gasteiger partial charge is 0.349 e. The fourth-order valence-electron chi connectivity index (χ4n) is 2.48. The van der Waals surface area contributed by atoms with Crippen LogP contribution in [-0.2, 0) is 4.79 Å². The van der Waals surface area contributed by atoms with E-state index in [1.807, 2.05) is 13.8 Å². The molecular weight excluding hydrogens is 252 g/mol. The van der Waals surface area contributed by atoms with Crippen molar-refractivity contribution in [1.82, 2.24) is 10.2 Å². The van der Waals surface area contributed by atoms with E-state index in [4.69, 9.17) is 5.73 Å². The first kappa shape index (κ1) is 16.3. The van der Waals surface area contributed by atoms with Gasteiger partial charge in [0, 0.05) is 0 Å². The molecule has 112 valence electrons. The molecule has 0 bridgehead atoms. The third-order valence-corrected chi connectivity index (χ3v) is 3.50. The van der Waals surface area contributed by atoms with Gasteiger partial charge in [0.15, 0.2) is 0 Å². The van der Waals surface area contributed by atoms with E-state index in [0.717, 1.165) is 25.9 Å². The highest BCUT2D eigenvalue weighted by Gasteiger charge is 2.33. The van der Waals surface area contributed by atoms with Crippen LogP contribution in [-0.4, -0.2) is 49.0 Å². The zero-order valence-electron chi connectivity index (χ0n) is 11.8. The second-order valence-corrected chi connectivity index (χ2v) is 5.56. The van der Waals surface area contributed by atoms with Crippen LogP contribution < -0.4 is 11.1 Å². The minimum atomic E-state index is -3.03. The Morgan fingerprint density at radius 3 is 2.37 bits per heavy atom. The van der Waals surface area contributed by atoms with Crippen molar-refractivity contribution in [2.75, 3.05) is 26.2 Å². The fourth-order valence-corrected chi connectivity index (χ4v) is 2.48. The summed E-state index contributed by atoms with van der Waals surface area (Å²) in [5.41, 5.74) is 4.96. The molecule has 0 aromatic heterocycles. The number of likely N-dealkylation sites (tertiary alicyclic amines) is 1. The second-order valence-electron chi connectivity index (χ2n) is 5.56. The Labute approximate surface area is 113 Å². The van der Waals surface area contributed by atoms with Crippen molar-refractivity contribution >= 4 is 5.91 Å². The van der Waals surface area contributed by atoms with Gasteiger partial charge in [0.1, 0.15) is 0 Å². The van der Waals surface area contributed by atoms with Crippen molar-refractivity contribution in [2.24, 2.45) is 11.7 Å². The van der Waals surface area contributed by atoms with E-state index in [-0.39, 0.29) is 17.9 Å². The van der Waals surface area contributed by atoms with Crippen molar-refractivity contribution in [3.05, 3.63) is 0 Å². The second kappa shape index (κ2) is 7.14. The van der Waals surface area contributed by atoms with Crippen molar-refractivity contribution in [2.45, 2.75) is 45.1 Å². The molecule has 1 rings (SSSR count). The zero-order valence-corrected chi connectivity index (χ0v) is 11.8. The van der Waals surface area contributed by atoms with Gasteiger partial charge in [0.05, 0.1) is 19.1 Å².